The first-order valence-electron chi connectivity index (χ1n) is 4.51. The Morgan fingerprint density at radius 2 is 1.94 bits per heavy atom. The van der Waals surface area contributed by atoms with Crippen LogP contribution in [0.15, 0.2) is 36.1 Å². The van der Waals surface area contributed by atoms with E-state index in [9.17, 15) is 24.2 Å². The van der Waals surface area contributed by atoms with Gasteiger partial charge in [0.15, 0.2) is 0 Å². The summed E-state index contributed by atoms with van der Waals surface area (Å²) in [4.78, 5) is 20.6. The van der Waals surface area contributed by atoms with Crippen LogP contribution in [0.5, 0.6) is 0 Å². The number of carbonyl (C=O) groups is 2. The van der Waals surface area contributed by atoms with E-state index in [0.29, 0.717) is 0 Å². The van der Waals surface area contributed by atoms with Crippen molar-refractivity contribution in [3.8, 4) is 0 Å². The SMILES string of the molecule is O=C([O-])/C=C(/OCc1ccccc1F)C(=O)[O-]. The lowest BCUT2D eigenvalue weighted by Gasteiger charge is -2.12. The first-order valence-corrected chi connectivity index (χ1v) is 4.51. The number of rotatable bonds is 5. The maximum absolute atomic E-state index is 13.1. The van der Waals surface area contributed by atoms with Crippen LogP contribution < -0.4 is 10.2 Å². The maximum atomic E-state index is 13.1. The van der Waals surface area contributed by atoms with Crippen molar-refractivity contribution in [3.05, 3.63) is 47.5 Å². The molecule has 90 valence electrons. The fourth-order valence-electron chi connectivity index (χ4n) is 1.04. The predicted octanol–water partition coefficient (Wildman–Crippen LogP) is -1.27. The molecule has 17 heavy (non-hydrogen) atoms. The third-order valence-electron chi connectivity index (χ3n) is 1.79. The lowest BCUT2D eigenvalue weighted by Crippen LogP contribution is -2.29. The molecule has 0 heterocycles. The Kier molecular flexibility index (Phi) is 4.21. The molecule has 0 N–H and O–H groups in total. The van der Waals surface area contributed by atoms with Crippen molar-refractivity contribution in [2.75, 3.05) is 0 Å². The number of hydrogen-bond acceptors (Lipinski definition) is 5. The second-order valence-electron chi connectivity index (χ2n) is 3.00. The molecule has 0 amide bonds. The number of aliphatic carboxylic acids is 2. The Bertz CT molecular complexity index is 467. The van der Waals surface area contributed by atoms with Gasteiger partial charge in [0.05, 0.1) is 5.97 Å². The Balaban J connectivity index is 2.75. The van der Waals surface area contributed by atoms with Crippen molar-refractivity contribution in [2.24, 2.45) is 0 Å². The molecule has 0 bridgehead atoms. The van der Waals surface area contributed by atoms with Crippen LogP contribution in [0.1, 0.15) is 5.56 Å². The molecule has 0 radical (unpaired) electrons. The average molecular weight is 238 g/mol. The van der Waals surface area contributed by atoms with E-state index < -0.39 is 30.1 Å². The normalized spacial score (nSPS) is 11.0. The zero-order chi connectivity index (χ0) is 12.8. The van der Waals surface area contributed by atoms with Gasteiger partial charge in [-0.3, -0.25) is 0 Å². The second-order valence-corrected chi connectivity index (χ2v) is 3.00. The highest BCUT2D eigenvalue weighted by Gasteiger charge is 2.04. The topological polar surface area (TPSA) is 89.5 Å². The lowest BCUT2D eigenvalue weighted by molar-refractivity contribution is -0.306. The smallest absolute Gasteiger partial charge is 0.144 e. The highest BCUT2D eigenvalue weighted by Crippen LogP contribution is 2.10. The second kappa shape index (κ2) is 5.64. The first kappa shape index (κ1) is 12.7. The van der Waals surface area contributed by atoms with Crippen LogP contribution in [-0.2, 0) is 20.9 Å². The fraction of sp³-hybridized carbons (Fsp3) is 0.0909. The predicted molar refractivity (Wildman–Crippen MR) is 49.3 cm³/mol. The third kappa shape index (κ3) is 3.94. The summed E-state index contributed by atoms with van der Waals surface area (Å²) in [6.07, 6.45) is 0.232. The Labute approximate surface area is 95.8 Å². The molecule has 6 heteroatoms. The lowest BCUT2D eigenvalue weighted by atomic mass is 10.2. The van der Waals surface area contributed by atoms with Crippen LogP contribution in [-0.4, -0.2) is 11.9 Å². The summed E-state index contributed by atoms with van der Waals surface area (Å²) in [5.41, 5.74) is 0.0954. The molecule has 0 aliphatic carbocycles. The number of carbonyl (C=O) groups excluding carboxylic acids is 2. The summed E-state index contributed by atoms with van der Waals surface area (Å²) < 4.78 is 17.7. The molecule has 0 aliphatic rings. The molecule has 0 fully saturated rings. The van der Waals surface area contributed by atoms with E-state index in [-0.39, 0.29) is 11.6 Å². The largest absolute Gasteiger partial charge is 0.545 e. The molecular weight excluding hydrogens is 231 g/mol. The van der Waals surface area contributed by atoms with E-state index in [2.05, 4.69) is 4.74 Å². The molecule has 0 spiro atoms. The van der Waals surface area contributed by atoms with Gasteiger partial charge < -0.3 is 24.5 Å². The van der Waals surface area contributed by atoms with Gasteiger partial charge in [-0.1, -0.05) is 18.2 Å². The van der Waals surface area contributed by atoms with Crippen molar-refractivity contribution in [1.29, 1.82) is 0 Å². The van der Waals surface area contributed by atoms with Gasteiger partial charge in [0.1, 0.15) is 24.2 Å². The number of ether oxygens (including phenoxy) is 1. The van der Waals surface area contributed by atoms with Gasteiger partial charge in [-0.15, -0.1) is 0 Å². The van der Waals surface area contributed by atoms with E-state index in [4.69, 9.17) is 0 Å². The minimum atomic E-state index is -1.81. The summed E-state index contributed by atoms with van der Waals surface area (Å²) in [6, 6.07) is 5.53. The molecule has 1 rings (SSSR count). The van der Waals surface area contributed by atoms with Crippen molar-refractivity contribution in [2.45, 2.75) is 6.61 Å². The van der Waals surface area contributed by atoms with Crippen molar-refractivity contribution >= 4 is 11.9 Å². The van der Waals surface area contributed by atoms with Crippen molar-refractivity contribution < 1.29 is 28.9 Å². The summed E-state index contributed by atoms with van der Waals surface area (Å²) in [6.45, 7) is -0.417. The molecule has 0 unspecified atom stereocenters. The summed E-state index contributed by atoms with van der Waals surface area (Å²) in [5.74, 6) is -5.06. The van der Waals surface area contributed by atoms with Crippen molar-refractivity contribution in [1.82, 2.24) is 0 Å². The number of halogens is 1. The van der Waals surface area contributed by atoms with Gasteiger partial charge in [0.25, 0.3) is 0 Å². The Morgan fingerprint density at radius 1 is 1.29 bits per heavy atom. The van der Waals surface area contributed by atoms with Crippen LogP contribution in [0.4, 0.5) is 4.39 Å². The monoisotopic (exact) mass is 238 g/mol. The van der Waals surface area contributed by atoms with E-state index in [1.807, 2.05) is 0 Å². The summed E-state index contributed by atoms with van der Waals surface area (Å²) in [5, 5.41) is 20.6. The van der Waals surface area contributed by atoms with Gasteiger partial charge in [-0.2, -0.15) is 0 Å². The van der Waals surface area contributed by atoms with Gasteiger partial charge >= 0.3 is 0 Å². The van der Waals surface area contributed by atoms with E-state index >= 15 is 0 Å². The van der Waals surface area contributed by atoms with Gasteiger partial charge in [0, 0.05) is 11.6 Å². The Hall–Kier alpha value is -2.37. The standard InChI is InChI=1S/C11H9FO5/c12-8-4-2-1-3-7(8)6-17-9(11(15)16)5-10(13)14/h1-5H,6H2,(H,13,14)(H,15,16)/p-2/b9-5+. The van der Waals surface area contributed by atoms with Crippen LogP contribution in [0, 0.1) is 5.82 Å². The fourth-order valence-corrected chi connectivity index (χ4v) is 1.04. The quantitative estimate of drug-likeness (QED) is 0.471. The molecule has 0 saturated heterocycles. The number of benzene rings is 1. The summed E-state index contributed by atoms with van der Waals surface area (Å²) >= 11 is 0. The third-order valence-corrected chi connectivity index (χ3v) is 1.79. The highest BCUT2D eigenvalue weighted by atomic mass is 19.1. The molecular formula is C11H7FO5-2. The van der Waals surface area contributed by atoms with Crippen LogP contribution in [0.25, 0.3) is 0 Å². The molecule has 1 aromatic carbocycles. The molecule has 0 saturated carbocycles. The zero-order valence-corrected chi connectivity index (χ0v) is 8.51. The first-order chi connectivity index (χ1) is 8.00. The minimum Gasteiger partial charge on any atom is -0.545 e. The highest BCUT2D eigenvalue weighted by molar-refractivity contribution is 5.91. The average Bonchev–Trinajstić information content (AvgIpc) is 2.25. The van der Waals surface area contributed by atoms with Crippen LogP contribution >= 0.6 is 0 Å². The zero-order valence-electron chi connectivity index (χ0n) is 8.51. The number of carboxylic acid groups (broad SMARTS) is 2. The molecule has 0 aromatic heterocycles. The number of carboxylic acids is 2. The van der Waals surface area contributed by atoms with Crippen LogP contribution in [0.2, 0.25) is 0 Å². The van der Waals surface area contributed by atoms with Gasteiger partial charge in [-0.25, -0.2) is 4.39 Å². The van der Waals surface area contributed by atoms with E-state index in [0.717, 1.165) is 0 Å². The maximum Gasteiger partial charge on any atom is 0.144 e. The molecule has 0 atom stereocenters. The van der Waals surface area contributed by atoms with E-state index in [1.54, 1.807) is 0 Å². The Morgan fingerprint density at radius 3 is 2.47 bits per heavy atom. The number of hydrogen-bond donors (Lipinski definition) is 0. The molecule has 0 aliphatic heterocycles. The van der Waals surface area contributed by atoms with Gasteiger partial charge in [0.2, 0.25) is 0 Å². The van der Waals surface area contributed by atoms with E-state index in [1.165, 1.54) is 24.3 Å². The van der Waals surface area contributed by atoms with Crippen LogP contribution in [0.3, 0.4) is 0 Å². The minimum absolute atomic E-state index is 0.0954. The van der Waals surface area contributed by atoms with Crippen molar-refractivity contribution in [3.63, 3.8) is 0 Å². The summed E-state index contributed by atoms with van der Waals surface area (Å²) in [7, 11) is 0. The molecule has 1 aromatic rings. The van der Waals surface area contributed by atoms with Gasteiger partial charge in [-0.05, 0) is 6.07 Å². The molecule has 5 nitrogen and oxygen atoms in total.